The van der Waals surface area contributed by atoms with Crippen molar-refractivity contribution >= 4 is 0 Å². The van der Waals surface area contributed by atoms with Gasteiger partial charge in [-0.3, -0.25) is 4.68 Å². The van der Waals surface area contributed by atoms with E-state index in [1.54, 1.807) is 18.0 Å². The largest absolute Gasteiger partial charge is 0.497 e. The Bertz CT molecular complexity index is 619. The molecule has 3 atom stereocenters. The smallest absolute Gasteiger partial charge is 0.118 e. The molecular weight excluding hydrogens is 290 g/mol. The van der Waals surface area contributed by atoms with E-state index in [0.29, 0.717) is 12.5 Å². The monoisotopic (exact) mass is 317 g/mol. The molecule has 0 radical (unpaired) electrons. The molecule has 0 amide bonds. The number of nitrogens with one attached hydrogen (secondary N) is 1. The molecule has 0 saturated heterocycles. The molecule has 0 aliphatic rings. The predicted molar refractivity (Wildman–Crippen MR) is 91.7 cm³/mol. The third-order valence-electron chi connectivity index (χ3n) is 4.49. The number of aryl methyl sites for hydroxylation is 1. The Hall–Kier alpha value is -1.85. The van der Waals surface area contributed by atoms with Crippen molar-refractivity contribution < 1.29 is 9.84 Å². The van der Waals surface area contributed by atoms with E-state index in [-0.39, 0.29) is 6.04 Å². The van der Waals surface area contributed by atoms with Crippen LogP contribution in [0.15, 0.2) is 36.7 Å². The van der Waals surface area contributed by atoms with Crippen LogP contribution in [-0.4, -0.2) is 34.6 Å². The van der Waals surface area contributed by atoms with Gasteiger partial charge in [0.25, 0.3) is 0 Å². The van der Waals surface area contributed by atoms with Crippen LogP contribution >= 0.6 is 0 Å². The fourth-order valence-corrected chi connectivity index (χ4v) is 2.53. The molecule has 0 fully saturated rings. The van der Waals surface area contributed by atoms with Crippen LogP contribution in [0.3, 0.4) is 0 Å². The van der Waals surface area contributed by atoms with Crippen molar-refractivity contribution in [2.45, 2.75) is 38.3 Å². The molecule has 0 saturated carbocycles. The molecule has 1 aromatic heterocycles. The van der Waals surface area contributed by atoms with E-state index in [1.165, 1.54) is 5.56 Å². The van der Waals surface area contributed by atoms with Crippen molar-refractivity contribution in [2.24, 2.45) is 7.05 Å². The highest BCUT2D eigenvalue weighted by Crippen LogP contribution is 2.23. The Morgan fingerprint density at radius 1 is 1.30 bits per heavy atom. The Morgan fingerprint density at radius 2 is 1.96 bits per heavy atom. The predicted octanol–water partition coefficient (Wildman–Crippen LogP) is 2.42. The fourth-order valence-electron chi connectivity index (χ4n) is 2.53. The quantitative estimate of drug-likeness (QED) is 0.823. The van der Waals surface area contributed by atoms with Crippen molar-refractivity contribution in [3.8, 4) is 5.75 Å². The van der Waals surface area contributed by atoms with Crippen molar-refractivity contribution in [1.82, 2.24) is 15.1 Å². The maximum Gasteiger partial charge on any atom is 0.118 e. The van der Waals surface area contributed by atoms with Gasteiger partial charge < -0.3 is 15.2 Å². The summed E-state index contributed by atoms with van der Waals surface area (Å²) in [4.78, 5) is 0. The van der Waals surface area contributed by atoms with Crippen LogP contribution in [0.2, 0.25) is 0 Å². The first-order valence-electron chi connectivity index (χ1n) is 7.92. The highest BCUT2D eigenvalue weighted by molar-refractivity contribution is 5.29. The molecule has 2 rings (SSSR count). The average molecular weight is 317 g/mol. The second kappa shape index (κ2) is 7.15. The van der Waals surface area contributed by atoms with E-state index in [1.807, 2.05) is 32.3 Å². The molecule has 5 nitrogen and oxygen atoms in total. The Balaban J connectivity index is 1.96. The molecule has 2 N–H and O–H groups in total. The minimum Gasteiger partial charge on any atom is -0.497 e. The molecule has 3 unspecified atom stereocenters. The van der Waals surface area contributed by atoms with Gasteiger partial charge in [-0.2, -0.15) is 5.10 Å². The number of hydrogen-bond acceptors (Lipinski definition) is 4. The molecule has 5 heteroatoms. The number of aliphatic hydroxyl groups is 1. The van der Waals surface area contributed by atoms with Crippen LogP contribution < -0.4 is 10.1 Å². The molecule has 0 aliphatic carbocycles. The SMILES string of the molecule is COc1ccc(C(C)C(C)NCC(C)(O)c2cnn(C)c2)cc1. The lowest BCUT2D eigenvalue weighted by Gasteiger charge is -2.28. The fraction of sp³-hybridized carbons (Fsp3) is 0.500. The van der Waals surface area contributed by atoms with Crippen molar-refractivity contribution in [3.05, 3.63) is 47.8 Å². The standard InChI is InChI=1S/C18H27N3O2/c1-13(15-6-8-17(23-5)9-7-15)14(2)19-12-18(3,22)16-10-20-21(4)11-16/h6-11,13-14,19,22H,12H2,1-5H3. The number of nitrogens with zero attached hydrogens (tertiary/aromatic N) is 2. The van der Waals surface area contributed by atoms with Crippen molar-refractivity contribution in [2.75, 3.05) is 13.7 Å². The summed E-state index contributed by atoms with van der Waals surface area (Å²) >= 11 is 0. The third-order valence-corrected chi connectivity index (χ3v) is 4.49. The van der Waals surface area contributed by atoms with Gasteiger partial charge in [0.15, 0.2) is 0 Å². The topological polar surface area (TPSA) is 59.3 Å². The highest BCUT2D eigenvalue weighted by atomic mass is 16.5. The second-order valence-electron chi connectivity index (χ2n) is 6.41. The Kier molecular flexibility index (Phi) is 5.44. The zero-order chi connectivity index (χ0) is 17.0. The van der Waals surface area contributed by atoms with E-state index < -0.39 is 5.60 Å². The van der Waals surface area contributed by atoms with Crippen LogP contribution in [0.25, 0.3) is 0 Å². The van der Waals surface area contributed by atoms with Crippen LogP contribution in [0, 0.1) is 0 Å². The average Bonchev–Trinajstić information content (AvgIpc) is 2.99. The lowest BCUT2D eigenvalue weighted by molar-refractivity contribution is 0.0535. The minimum absolute atomic E-state index is 0.228. The number of aromatic nitrogens is 2. The number of ether oxygens (including phenoxy) is 1. The Labute approximate surface area is 138 Å². The van der Waals surface area contributed by atoms with Crippen molar-refractivity contribution in [1.29, 1.82) is 0 Å². The summed E-state index contributed by atoms with van der Waals surface area (Å²) in [6, 6.07) is 8.35. The van der Waals surface area contributed by atoms with E-state index in [2.05, 4.69) is 36.4 Å². The molecular formula is C18H27N3O2. The molecule has 0 aliphatic heterocycles. The lowest BCUT2D eigenvalue weighted by atomic mass is 9.93. The summed E-state index contributed by atoms with van der Waals surface area (Å²) in [6.07, 6.45) is 3.55. The van der Waals surface area contributed by atoms with E-state index in [4.69, 9.17) is 4.74 Å². The van der Waals surface area contributed by atoms with Gasteiger partial charge in [0.05, 0.1) is 13.3 Å². The van der Waals surface area contributed by atoms with Gasteiger partial charge >= 0.3 is 0 Å². The van der Waals surface area contributed by atoms with Gasteiger partial charge in [0.1, 0.15) is 11.4 Å². The summed E-state index contributed by atoms with van der Waals surface area (Å²) in [5.74, 6) is 1.19. The Morgan fingerprint density at radius 3 is 2.48 bits per heavy atom. The number of rotatable bonds is 7. The van der Waals surface area contributed by atoms with Gasteiger partial charge in [-0.05, 0) is 37.5 Å². The number of benzene rings is 1. The molecule has 2 aromatic rings. The summed E-state index contributed by atoms with van der Waals surface area (Å²) in [6.45, 7) is 6.59. The second-order valence-corrected chi connectivity index (χ2v) is 6.41. The van der Waals surface area contributed by atoms with Crippen LogP contribution in [-0.2, 0) is 12.6 Å². The van der Waals surface area contributed by atoms with E-state index >= 15 is 0 Å². The van der Waals surface area contributed by atoms with Gasteiger partial charge in [0, 0.05) is 31.4 Å². The van der Waals surface area contributed by atoms with Gasteiger partial charge in [-0.25, -0.2) is 0 Å². The molecule has 23 heavy (non-hydrogen) atoms. The summed E-state index contributed by atoms with van der Waals surface area (Å²) in [5, 5.41) is 18.2. The van der Waals surface area contributed by atoms with E-state index in [9.17, 15) is 5.11 Å². The first kappa shape index (κ1) is 17.5. The highest BCUT2D eigenvalue weighted by Gasteiger charge is 2.26. The molecule has 0 bridgehead atoms. The number of hydrogen-bond donors (Lipinski definition) is 2. The van der Waals surface area contributed by atoms with Gasteiger partial charge in [-0.1, -0.05) is 19.1 Å². The third kappa shape index (κ3) is 4.33. The normalized spacial score (nSPS) is 16.6. The summed E-state index contributed by atoms with van der Waals surface area (Å²) in [7, 11) is 3.52. The van der Waals surface area contributed by atoms with E-state index in [0.717, 1.165) is 11.3 Å². The molecule has 126 valence electrons. The van der Waals surface area contributed by atoms with Crippen molar-refractivity contribution in [3.63, 3.8) is 0 Å². The van der Waals surface area contributed by atoms with Crippen LogP contribution in [0.1, 0.15) is 37.8 Å². The minimum atomic E-state index is -0.942. The lowest BCUT2D eigenvalue weighted by Crippen LogP contribution is -2.41. The first-order chi connectivity index (χ1) is 10.8. The maximum absolute atomic E-state index is 10.6. The summed E-state index contributed by atoms with van der Waals surface area (Å²) in [5.41, 5.74) is 1.12. The maximum atomic E-state index is 10.6. The zero-order valence-electron chi connectivity index (χ0n) is 14.6. The van der Waals surface area contributed by atoms with Crippen LogP contribution in [0.4, 0.5) is 0 Å². The molecule has 0 spiro atoms. The molecule has 1 aromatic carbocycles. The van der Waals surface area contributed by atoms with Gasteiger partial charge in [-0.15, -0.1) is 0 Å². The first-order valence-corrected chi connectivity index (χ1v) is 7.92. The van der Waals surface area contributed by atoms with Gasteiger partial charge in [0.2, 0.25) is 0 Å². The van der Waals surface area contributed by atoms with Crippen LogP contribution in [0.5, 0.6) is 5.75 Å². The molecule has 1 heterocycles. The summed E-state index contributed by atoms with van der Waals surface area (Å²) < 4.78 is 6.90. The zero-order valence-corrected chi connectivity index (χ0v) is 14.6. The number of methoxy groups -OCH3 is 1.